The van der Waals surface area contributed by atoms with E-state index < -0.39 is 6.04 Å². The highest BCUT2D eigenvalue weighted by atomic mass is 35.5. The molecule has 0 radical (unpaired) electrons. The van der Waals surface area contributed by atoms with Crippen LogP contribution in [-0.4, -0.2) is 61.1 Å². The van der Waals surface area contributed by atoms with E-state index in [0.717, 1.165) is 51.4 Å². The van der Waals surface area contributed by atoms with Crippen LogP contribution in [0.3, 0.4) is 0 Å². The summed E-state index contributed by atoms with van der Waals surface area (Å²) >= 11 is 0. The highest BCUT2D eigenvalue weighted by molar-refractivity contribution is 5.85. The Morgan fingerprint density at radius 2 is 1.92 bits per heavy atom. The van der Waals surface area contributed by atoms with E-state index in [2.05, 4.69) is 11.8 Å². The Morgan fingerprint density at radius 3 is 2.52 bits per heavy atom. The lowest BCUT2D eigenvalue weighted by Gasteiger charge is -2.41. The average Bonchev–Trinajstić information content (AvgIpc) is 2.61. The maximum atomic E-state index is 12.7. The second-order valence-electron chi connectivity index (χ2n) is 5.97. The molecule has 1 heterocycles. The number of benzene rings is 1. The van der Waals surface area contributed by atoms with Crippen LogP contribution in [-0.2, 0) is 9.53 Å². The molecule has 0 saturated carbocycles. The summed E-state index contributed by atoms with van der Waals surface area (Å²) in [6.45, 7) is 9.00. The predicted molar refractivity (Wildman–Crippen MR) is 107 cm³/mol. The molecule has 1 aliphatic rings. The first-order valence-corrected chi connectivity index (χ1v) is 8.58. The number of ether oxygens (including phenoxy) is 1. The van der Waals surface area contributed by atoms with Crippen molar-refractivity contribution in [3.8, 4) is 0 Å². The summed E-state index contributed by atoms with van der Waals surface area (Å²) in [4.78, 5) is 17.0. The van der Waals surface area contributed by atoms with Crippen LogP contribution in [0.5, 0.6) is 0 Å². The highest BCUT2D eigenvalue weighted by Gasteiger charge is 2.30. The van der Waals surface area contributed by atoms with Gasteiger partial charge >= 0.3 is 0 Å². The fourth-order valence-electron chi connectivity index (χ4n) is 3.10. The van der Waals surface area contributed by atoms with E-state index in [4.69, 9.17) is 10.5 Å². The first-order valence-electron chi connectivity index (χ1n) is 8.58. The van der Waals surface area contributed by atoms with Gasteiger partial charge in [-0.05, 0) is 18.9 Å². The van der Waals surface area contributed by atoms with E-state index in [1.807, 2.05) is 42.2 Å². The van der Waals surface area contributed by atoms with Crippen molar-refractivity contribution in [1.82, 2.24) is 9.80 Å². The molecule has 2 rings (SSSR count). The van der Waals surface area contributed by atoms with Crippen LogP contribution in [0.25, 0.3) is 0 Å². The summed E-state index contributed by atoms with van der Waals surface area (Å²) in [5.74, 6) is 0.0270. The molecule has 0 aliphatic carbocycles. The SMILES string of the molecule is CCOCCN1CCN(C(=O)C(N)c2ccccc2)CC1CC.Cl.Cl. The van der Waals surface area contributed by atoms with Crippen LogP contribution in [0.4, 0.5) is 0 Å². The highest BCUT2D eigenvalue weighted by Crippen LogP contribution is 2.18. The third-order valence-electron chi connectivity index (χ3n) is 4.54. The molecule has 25 heavy (non-hydrogen) atoms. The Bertz CT molecular complexity index is 490. The largest absolute Gasteiger partial charge is 0.380 e. The lowest BCUT2D eigenvalue weighted by Crippen LogP contribution is -2.56. The van der Waals surface area contributed by atoms with Crippen LogP contribution < -0.4 is 5.73 Å². The van der Waals surface area contributed by atoms with E-state index in [0.29, 0.717) is 6.04 Å². The van der Waals surface area contributed by atoms with E-state index in [1.165, 1.54) is 0 Å². The van der Waals surface area contributed by atoms with Crippen molar-refractivity contribution in [2.45, 2.75) is 32.4 Å². The maximum absolute atomic E-state index is 12.7. The number of nitrogens with two attached hydrogens (primary N) is 1. The summed E-state index contributed by atoms with van der Waals surface area (Å²) < 4.78 is 5.46. The Labute approximate surface area is 163 Å². The molecule has 144 valence electrons. The van der Waals surface area contributed by atoms with Crippen molar-refractivity contribution in [3.05, 3.63) is 35.9 Å². The van der Waals surface area contributed by atoms with E-state index in [9.17, 15) is 4.79 Å². The molecule has 1 aromatic carbocycles. The summed E-state index contributed by atoms with van der Waals surface area (Å²) in [6.07, 6.45) is 1.02. The van der Waals surface area contributed by atoms with Gasteiger partial charge < -0.3 is 15.4 Å². The van der Waals surface area contributed by atoms with Gasteiger partial charge in [0.25, 0.3) is 0 Å². The normalized spacial score (nSPS) is 18.8. The molecule has 1 aliphatic heterocycles. The number of hydrogen-bond acceptors (Lipinski definition) is 4. The van der Waals surface area contributed by atoms with E-state index in [-0.39, 0.29) is 30.7 Å². The zero-order valence-corrected chi connectivity index (χ0v) is 16.7. The third-order valence-corrected chi connectivity index (χ3v) is 4.54. The molecule has 2 unspecified atom stereocenters. The number of nitrogens with zero attached hydrogens (tertiary/aromatic N) is 2. The Hall–Kier alpha value is -0.850. The standard InChI is InChI=1S/C18H29N3O2.2ClH/c1-3-16-14-21(11-10-20(16)12-13-23-4-2)18(22)17(19)15-8-6-5-7-9-15;;/h5-9,16-17H,3-4,10-14,19H2,1-2H3;2*1H. The second-order valence-corrected chi connectivity index (χ2v) is 5.97. The predicted octanol–water partition coefficient (Wildman–Crippen LogP) is 2.49. The molecular formula is C18H31Cl2N3O2. The fraction of sp³-hybridized carbons (Fsp3) is 0.611. The van der Waals surface area contributed by atoms with Gasteiger partial charge in [-0.25, -0.2) is 0 Å². The van der Waals surface area contributed by atoms with Gasteiger partial charge in [-0.3, -0.25) is 9.69 Å². The number of amides is 1. The average molecular weight is 392 g/mol. The maximum Gasteiger partial charge on any atom is 0.244 e. The topological polar surface area (TPSA) is 58.8 Å². The summed E-state index contributed by atoms with van der Waals surface area (Å²) in [5, 5.41) is 0. The minimum absolute atomic E-state index is 0. The Kier molecular flexibility index (Phi) is 12.1. The second kappa shape index (κ2) is 12.5. The van der Waals surface area contributed by atoms with Crippen molar-refractivity contribution in [3.63, 3.8) is 0 Å². The molecule has 5 nitrogen and oxygen atoms in total. The zero-order chi connectivity index (χ0) is 16.7. The molecule has 2 atom stereocenters. The van der Waals surface area contributed by atoms with Crippen LogP contribution >= 0.6 is 24.8 Å². The molecule has 2 N–H and O–H groups in total. The van der Waals surface area contributed by atoms with Gasteiger partial charge in [0.1, 0.15) is 6.04 Å². The lowest BCUT2D eigenvalue weighted by molar-refractivity contribution is -0.136. The molecule has 1 aromatic rings. The van der Waals surface area contributed by atoms with Gasteiger partial charge in [-0.15, -0.1) is 24.8 Å². The first-order chi connectivity index (χ1) is 11.2. The molecule has 1 saturated heterocycles. The Balaban J connectivity index is 0.00000288. The van der Waals surface area contributed by atoms with E-state index in [1.54, 1.807) is 0 Å². The fourth-order valence-corrected chi connectivity index (χ4v) is 3.10. The monoisotopic (exact) mass is 391 g/mol. The number of hydrogen-bond donors (Lipinski definition) is 1. The van der Waals surface area contributed by atoms with Crippen LogP contribution in [0.15, 0.2) is 30.3 Å². The minimum atomic E-state index is -0.566. The minimum Gasteiger partial charge on any atom is -0.380 e. The van der Waals surface area contributed by atoms with Gasteiger partial charge in [0.15, 0.2) is 0 Å². The molecular weight excluding hydrogens is 361 g/mol. The van der Waals surface area contributed by atoms with Crippen LogP contribution in [0.2, 0.25) is 0 Å². The first kappa shape index (κ1) is 24.1. The van der Waals surface area contributed by atoms with Gasteiger partial charge in [-0.1, -0.05) is 37.3 Å². The van der Waals surface area contributed by atoms with Crippen molar-refractivity contribution in [2.75, 3.05) is 39.4 Å². The van der Waals surface area contributed by atoms with Crippen molar-refractivity contribution >= 4 is 30.7 Å². The smallest absolute Gasteiger partial charge is 0.244 e. The van der Waals surface area contributed by atoms with Crippen molar-refractivity contribution in [1.29, 1.82) is 0 Å². The molecule has 0 spiro atoms. The summed E-state index contributed by atoms with van der Waals surface area (Å²) in [5.41, 5.74) is 7.04. The Morgan fingerprint density at radius 1 is 1.24 bits per heavy atom. The molecule has 0 bridgehead atoms. The molecule has 1 fully saturated rings. The number of rotatable bonds is 7. The van der Waals surface area contributed by atoms with Gasteiger partial charge in [-0.2, -0.15) is 0 Å². The number of carbonyl (C=O) groups excluding carboxylic acids is 1. The molecule has 1 amide bonds. The van der Waals surface area contributed by atoms with Crippen LogP contribution in [0.1, 0.15) is 31.9 Å². The lowest BCUT2D eigenvalue weighted by atomic mass is 10.0. The summed E-state index contributed by atoms with van der Waals surface area (Å²) in [7, 11) is 0. The zero-order valence-electron chi connectivity index (χ0n) is 15.1. The number of carbonyl (C=O) groups is 1. The molecule has 0 aromatic heterocycles. The quantitative estimate of drug-likeness (QED) is 0.725. The van der Waals surface area contributed by atoms with Crippen molar-refractivity contribution in [2.24, 2.45) is 5.73 Å². The van der Waals surface area contributed by atoms with Crippen molar-refractivity contribution < 1.29 is 9.53 Å². The number of halogens is 2. The van der Waals surface area contributed by atoms with Gasteiger partial charge in [0.2, 0.25) is 5.91 Å². The van der Waals surface area contributed by atoms with Gasteiger partial charge in [0.05, 0.1) is 6.61 Å². The van der Waals surface area contributed by atoms with E-state index >= 15 is 0 Å². The van der Waals surface area contributed by atoms with Gasteiger partial charge in [0, 0.05) is 38.8 Å². The number of piperazine rings is 1. The third kappa shape index (κ3) is 6.76. The molecule has 7 heteroatoms. The summed E-state index contributed by atoms with van der Waals surface area (Å²) in [6, 6.07) is 9.42. The van der Waals surface area contributed by atoms with Crippen LogP contribution in [0, 0.1) is 0 Å².